The van der Waals surface area contributed by atoms with Crippen molar-refractivity contribution in [1.29, 1.82) is 0 Å². The molecule has 2 nitrogen and oxygen atoms in total. The Morgan fingerprint density at radius 3 is 2.38 bits per heavy atom. The lowest BCUT2D eigenvalue weighted by Crippen LogP contribution is -2.19. The average Bonchev–Trinajstić information content (AvgIpc) is 2.36. The van der Waals surface area contributed by atoms with Crippen molar-refractivity contribution >= 4 is 21.7 Å². The summed E-state index contributed by atoms with van der Waals surface area (Å²) in [5.41, 5.74) is 1.07. The van der Waals surface area contributed by atoms with Gasteiger partial charge in [0.05, 0.1) is 5.56 Å². The van der Waals surface area contributed by atoms with Crippen LogP contribution in [0.15, 0.2) is 46.9 Å². The zero-order valence-corrected chi connectivity index (χ0v) is 12.5. The Morgan fingerprint density at radius 2 is 1.76 bits per heavy atom. The van der Waals surface area contributed by atoms with Crippen LogP contribution in [0.2, 0.25) is 0 Å². The van der Waals surface area contributed by atoms with Gasteiger partial charge in [-0.15, -0.1) is 13.2 Å². The monoisotopic (exact) mass is 358 g/mol. The third-order valence-electron chi connectivity index (χ3n) is 2.73. The molecule has 2 aromatic carbocycles. The van der Waals surface area contributed by atoms with Crippen LogP contribution in [0.3, 0.4) is 0 Å². The third kappa shape index (κ3) is 3.85. The minimum Gasteiger partial charge on any atom is -0.405 e. The molecule has 0 unspecified atom stereocenters. The number of benzene rings is 2. The Morgan fingerprint density at radius 1 is 1.10 bits per heavy atom. The molecule has 0 aliphatic heterocycles. The van der Waals surface area contributed by atoms with Crippen LogP contribution in [0.4, 0.5) is 13.2 Å². The molecule has 6 heteroatoms. The lowest BCUT2D eigenvalue weighted by atomic mass is 10.0. The highest BCUT2D eigenvalue weighted by Gasteiger charge is 2.33. The Labute approximate surface area is 127 Å². The summed E-state index contributed by atoms with van der Waals surface area (Å²) in [6.45, 7) is 1.85. The maximum absolute atomic E-state index is 12.4. The number of rotatable bonds is 3. The van der Waals surface area contributed by atoms with E-state index >= 15 is 0 Å². The lowest BCUT2D eigenvalue weighted by molar-refractivity contribution is -0.274. The fraction of sp³-hybridized carbons (Fsp3) is 0.133. The van der Waals surface area contributed by atoms with E-state index in [0.29, 0.717) is 4.47 Å². The Kier molecular flexibility index (Phi) is 4.37. The number of carbonyl (C=O) groups excluding carboxylic acids is 1. The molecule has 0 amide bonds. The zero-order valence-electron chi connectivity index (χ0n) is 10.9. The molecule has 0 radical (unpaired) electrons. The molecule has 0 saturated heterocycles. The van der Waals surface area contributed by atoms with Gasteiger partial charge in [0.1, 0.15) is 5.75 Å². The number of para-hydroxylation sites is 1. The van der Waals surface area contributed by atoms with Gasteiger partial charge in [-0.25, -0.2) is 0 Å². The Balaban J connectivity index is 2.44. The molecule has 0 aliphatic rings. The van der Waals surface area contributed by atoms with Crippen LogP contribution >= 0.6 is 15.9 Å². The maximum Gasteiger partial charge on any atom is 0.573 e. The van der Waals surface area contributed by atoms with Crippen molar-refractivity contribution in [3.63, 3.8) is 0 Å². The molecular weight excluding hydrogens is 349 g/mol. The molecule has 0 saturated carbocycles. The van der Waals surface area contributed by atoms with Crippen molar-refractivity contribution in [1.82, 2.24) is 0 Å². The van der Waals surface area contributed by atoms with Crippen molar-refractivity contribution in [2.75, 3.05) is 0 Å². The molecule has 2 aromatic rings. The summed E-state index contributed by atoms with van der Waals surface area (Å²) in [6, 6.07) is 10.3. The molecule has 110 valence electrons. The first kappa shape index (κ1) is 15.6. The maximum atomic E-state index is 12.4. The first-order chi connectivity index (χ1) is 9.78. The van der Waals surface area contributed by atoms with Crippen LogP contribution in [0.1, 0.15) is 21.5 Å². The van der Waals surface area contributed by atoms with Crippen LogP contribution in [-0.2, 0) is 0 Å². The van der Waals surface area contributed by atoms with Crippen LogP contribution in [0, 0.1) is 6.92 Å². The fourth-order valence-electron chi connectivity index (χ4n) is 1.82. The van der Waals surface area contributed by atoms with Crippen molar-refractivity contribution in [3.05, 3.63) is 63.6 Å². The minimum atomic E-state index is -4.85. The number of ether oxygens (including phenoxy) is 1. The first-order valence-corrected chi connectivity index (χ1v) is 6.73. The minimum absolute atomic E-state index is 0.139. The van der Waals surface area contributed by atoms with Crippen LogP contribution in [0.25, 0.3) is 0 Å². The standard InChI is InChI=1S/C15H10BrF3O2/c1-9-6-7-10(12(16)8-9)14(20)11-4-2-3-5-13(11)21-15(17,18)19/h2-8H,1H3. The number of ketones is 1. The second-order valence-corrected chi connectivity index (χ2v) is 5.21. The van der Waals surface area contributed by atoms with E-state index in [9.17, 15) is 18.0 Å². The van der Waals surface area contributed by atoms with Gasteiger partial charge in [0.2, 0.25) is 0 Å². The molecule has 0 heterocycles. The number of alkyl halides is 3. The average molecular weight is 359 g/mol. The predicted octanol–water partition coefficient (Wildman–Crippen LogP) is 4.89. The van der Waals surface area contributed by atoms with Gasteiger partial charge in [0, 0.05) is 10.0 Å². The van der Waals surface area contributed by atoms with E-state index in [0.717, 1.165) is 11.6 Å². The van der Waals surface area contributed by atoms with Crippen LogP contribution < -0.4 is 4.74 Å². The molecule has 0 N–H and O–H groups in total. The van der Waals surface area contributed by atoms with Gasteiger partial charge >= 0.3 is 6.36 Å². The summed E-state index contributed by atoms with van der Waals surface area (Å²) in [5.74, 6) is -1.05. The Hall–Kier alpha value is -1.82. The van der Waals surface area contributed by atoms with E-state index < -0.39 is 17.9 Å². The molecule has 2 rings (SSSR count). The van der Waals surface area contributed by atoms with E-state index in [2.05, 4.69) is 20.7 Å². The molecule has 0 atom stereocenters. The van der Waals surface area contributed by atoms with Crippen molar-refractivity contribution in [3.8, 4) is 5.75 Å². The van der Waals surface area contributed by atoms with Gasteiger partial charge in [0.15, 0.2) is 5.78 Å². The SMILES string of the molecule is Cc1ccc(C(=O)c2ccccc2OC(F)(F)F)c(Br)c1. The fourth-order valence-corrected chi connectivity index (χ4v) is 2.49. The van der Waals surface area contributed by atoms with Crippen molar-refractivity contribution in [2.45, 2.75) is 13.3 Å². The summed E-state index contributed by atoms with van der Waals surface area (Å²) in [7, 11) is 0. The van der Waals surface area contributed by atoms with Gasteiger partial charge in [-0.05, 0) is 36.8 Å². The summed E-state index contributed by atoms with van der Waals surface area (Å²) < 4.78 is 41.6. The van der Waals surface area contributed by atoms with E-state index in [-0.39, 0.29) is 11.1 Å². The quantitative estimate of drug-likeness (QED) is 0.730. The molecule has 0 bridgehead atoms. The van der Waals surface area contributed by atoms with Crippen LogP contribution in [0.5, 0.6) is 5.75 Å². The van der Waals surface area contributed by atoms with E-state index in [1.165, 1.54) is 18.2 Å². The van der Waals surface area contributed by atoms with Gasteiger partial charge < -0.3 is 4.74 Å². The topological polar surface area (TPSA) is 26.3 Å². The molecule has 0 spiro atoms. The van der Waals surface area contributed by atoms with E-state index in [1.807, 2.05) is 6.92 Å². The zero-order chi connectivity index (χ0) is 15.6. The molecule has 0 fully saturated rings. The van der Waals surface area contributed by atoms with Gasteiger partial charge in [-0.3, -0.25) is 4.79 Å². The highest BCUT2D eigenvalue weighted by molar-refractivity contribution is 9.10. The van der Waals surface area contributed by atoms with Gasteiger partial charge in [0.25, 0.3) is 0 Å². The summed E-state index contributed by atoms with van der Waals surface area (Å²) in [4.78, 5) is 12.4. The van der Waals surface area contributed by atoms with Gasteiger partial charge in [-0.2, -0.15) is 0 Å². The van der Waals surface area contributed by atoms with E-state index in [1.54, 1.807) is 18.2 Å². The Bertz CT molecular complexity index is 681. The highest BCUT2D eigenvalue weighted by atomic mass is 79.9. The highest BCUT2D eigenvalue weighted by Crippen LogP contribution is 2.29. The number of hydrogen-bond donors (Lipinski definition) is 0. The molecular formula is C15H10BrF3O2. The predicted molar refractivity (Wildman–Crippen MR) is 75.4 cm³/mol. The second kappa shape index (κ2) is 5.89. The number of carbonyl (C=O) groups is 1. The summed E-state index contributed by atoms with van der Waals surface area (Å²) in [6.07, 6.45) is -4.85. The molecule has 0 aromatic heterocycles. The second-order valence-electron chi connectivity index (χ2n) is 4.36. The summed E-state index contributed by atoms with van der Waals surface area (Å²) >= 11 is 3.25. The van der Waals surface area contributed by atoms with Crippen molar-refractivity contribution in [2.24, 2.45) is 0 Å². The van der Waals surface area contributed by atoms with Crippen LogP contribution in [-0.4, -0.2) is 12.1 Å². The van der Waals surface area contributed by atoms with E-state index in [4.69, 9.17) is 0 Å². The van der Waals surface area contributed by atoms with Crippen molar-refractivity contribution < 1.29 is 22.7 Å². The third-order valence-corrected chi connectivity index (χ3v) is 3.38. The molecule has 0 aliphatic carbocycles. The molecule has 21 heavy (non-hydrogen) atoms. The number of halogens is 4. The van der Waals surface area contributed by atoms with Gasteiger partial charge in [-0.1, -0.05) is 34.1 Å². The lowest BCUT2D eigenvalue weighted by Gasteiger charge is -2.13. The first-order valence-electron chi connectivity index (χ1n) is 5.93. The largest absolute Gasteiger partial charge is 0.573 e. The summed E-state index contributed by atoms with van der Waals surface area (Å²) in [5, 5.41) is 0. The number of hydrogen-bond acceptors (Lipinski definition) is 2. The smallest absolute Gasteiger partial charge is 0.405 e. The number of aryl methyl sites for hydroxylation is 1. The normalized spacial score (nSPS) is 11.3.